The minimum atomic E-state index is -1.34. The highest BCUT2D eigenvalue weighted by molar-refractivity contribution is 7.84. The number of hydrogen-bond acceptors (Lipinski definition) is 3. The lowest BCUT2D eigenvalue weighted by Crippen LogP contribution is -2.03. The Hall–Kier alpha value is -1.10. The van der Waals surface area contributed by atoms with E-state index in [1.807, 2.05) is 0 Å². The summed E-state index contributed by atoms with van der Waals surface area (Å²) in [5.74, 6) is 0.237. The third-order valence-electron chi connectivity index (χ3n) is 2.33. The SMILES string of the molecule is Nc1cccnc1S(=O)Cc1cccc(Cl)c1Cl. The van der Waals surface area contributed by atoms with Gasteiger partial charge in [-0.3, -0.25) is 4.21 Å². The van der Waals surface area contributed by atoms with E-state index in [0.717, 1.165) is 0 Å². The van der Waals surface area contributed by atoms with E-state index in [0.29, 0.717) is 26.3 Å². The zero-order chi connectivity index (χ0) is 13.1. The molecule has 0 radical (unpaired) electrons. The third-order valence-corrected chi connectivity index (χ3v) is 4.54. The van der Waals surface area contributed by atoms with E-state index in [-0.39, 0.29) is 5.75 Å². The van der Waals surface area contributed by atoms with Gasteiger partial charge in [0.05, 0.1) is 32.3 Å². The summed E-state index contributed by atoms with van der Waals surface area (Å²) >= 11 is 11.9. The van der Waals surface area contributed by atoms with Crippen molar-refractivity contribution >= 4 is 39.7 Å². The lowest BCUT2D eigenvalue weighted by atomic mass is 10.2. The van der Waals surface area contributed by atoms with Crippen molar-refractivity contribution in [3.63, 3.8) is 0 Å². The summed E-state index contributed by atoms with van der Waals surface area (Å²) in [5.41, 5.74) is 6.85. The molecule has 2 N–H and O–H groups in total. The fourth-order valence-corrected chi connectivity index (χ4v) is 3.10. The molecule has 0 bridgehead atoms. The van der Waals surface area contributed by atoms with E-state index < -0.39 is 10.8 Å². The highest BCUT2D eigenvalue weighted by Crippen LogP contribution is 2.27. The predicted octanol–water partition coefficient (Wildman–Crippen LogP) is 3.28. The van der Waals surface area contributed by atoms with Gasteiger partial charge in [0, 0.05) is 6.20 Å². The van der Waals surface area contributed by atoms with Crippen molar-refractivity contribution in [2.45, 2.75) is 10.8 Å². The first-order valence-corrected chi connectivity index (χ1v) is 7.19. The van der Waals surface area contributed by atoms with Gasteiger partial charge in [-0.25, -0.2) is 4.98 Å². The largest absolute Gasteiger partial charge is 0.396 e. The molecular formula is C12H10Cl2N2OS. The van der Waals surface area contributed by atoms with Crippen LogP contribution in [0.2, 0.25) is 10.0 Å². The summed E-state index contributed by atoms with van der Waals surface area (Å²) in [7, 11) is -1.34. The van der Waals surface area contributed by atoms with Gasteiger partial charge in [-0.1, -0.05) is 35.3 Å². The Bertz CT molecular complexity index is 604. The number of benzene rings is 1. The smallest absolute Gasteiger partial charge is 0.150 e. The van der Waals surface area contributed by atoms with Crippen LogP contribution in [0.1, 0.15) is 5.56 Å². The Morgan fingerprint density at radius 3 is 2.72 bits per heavy atom. The quantitative estimate of drug-likeness (QED) is 0.946. The van der Waals surface area contributed by atoms with Gasteiger partial charge in [0.2, 0.25) is 0 Å². The molecule has 1 heterocycles. The van der Waals surface area contributed by atoms with E-state index in [2.05, 4.69) is 4.98 Å². The monoisotopic (exact) mass is 300 g/mol. The minimum absolute atomic E-state index is 0.237. The molecule has 1 aromatic heterocycles. The van der Waals surface area contributed by atoms with Crippen molar-refractivity contribution in [2.24, 2.45) is 0 Å². The van der Waals surface area contributed by atoms with Crippen LogP contribution in [0.5, 0.6) is 0 Å². The summed E-state index contributed by atoms with van der Waals surface area (Å²) in [6.45, 7) is 0. The molecule has 6 heteroatoms. The first-order valence-electron chi connectivity index (χ1n) is 5.11. The average molecular weight is 301 g/mol. The number of pyridine rings is 1. The van der Waals surface area contributed by atoms with Crippen LogP contribution in [0.15, 0.2) is 41.6 Å². The molecule has 0 spiro atoms. The van der Waals surface area contributed by atoms with Crippen LogP contribution in [0, 0.1) is 0 Å². The Morgan fingerprint density at radius 2 is 2.00 bits per heavy atom. The number of aromatic nitrogens is 1. The molecule has 1 aromatic carbocycles. The summed E-state index contributed by atoms with van der Waals surface area (Å²) in [5, 5.41) is 1.23. The molecule has 0 aliphatic carbocycles. The van der Waals surface area contributed by atoms with Crippen LogP contribution in [-0.2, 0) is 16.6 Å². The Balaban J connectivity index is 2.27. The highest BCUT2D eigenvalue weighted by Gasteiger charge is 2.13. The fraction of sp³-hybridized carbons (Fsp3) is 0.0833. The molecule has 0 saturated heterocycles. The normalized spacial score (nSPS) is 12.3. The van der Waals surface area contributed by atoms with Crippen LogP contribution in [0.4, 0.5) is 5.69 Å². The average Bonchev–Trinajstić information content (AvgIpc) is 2.35. The van der Waals surface area contributed by atoms with Crippen molar-refractivity contribution in [1.82, 2.24) is 4.98 Å². The second-order valence-corrected chi connectivity index (χ2v) is 5.75. The van der Waals surface area contributed by atoms with Crippen molar-refractivity contribution in [3.05, 3.63) is 52.1 Å². The van der Waals surface area contributed by atoms with Crippen LogP contribution in [-0.4, -0.2) is 9.19 Å². The van der Waals surface area contributed by atoms with Gasteiger partial charge >= 0.3 is 0 Å². The molecule has 2 aromatic rings. The third kappa shape index (κ3) is 2.83. The van der Waals surface area contributed by atoms with E-state index in [9.17, 15) is 4.21 Å². The standard InChI is InChI=1S/C12H10Cl2N2OS/c13-9-4-1-3-8(11(9)14)7-18(17)12-10(15)5-2-6-16-12/h1-6H,7,15H2. The maximum absolute atomic E-state index is 12.2. The summed E-state index contributed by atoms with van der Waals surface area (Å²) < 4.78 is 12.2. The van der Waals surface area contributed by atoms with Crippen molar-refractivity contribution < 1.29 is 4.21 Å². The minimum Gasteiger partial charge on any atom is -0.396 e. The van der Waals surface area contributed by atoms with Gasteiger partial charge in [-0.05, 0) is 23.8 Å². The number of halogens is 2. The zero-order valence-corrected chi connectivity index (χ0v) is 11.6. The molecule has 2 rings (SSSR count). The number of rotatable bonds is 3. The molecule has 1 atom stereocenters. The Kier molecular flexibility index (Phi) is 4.22. The Labute approximate surface area is 117 Å². The van der Waals surface area contributed by atoms with Crippen molar-refractivity contribution in [3.8, 4) is 0 Å². The fourth-order valence-electron chi connectivity index (χ4n) is 1.46. The van der Waals surface area contributed by atoms with Gasteiger partial charge in [0.25, 0.3) is 0 Å². The van der Waals surface area contributed by atoms with E-state index >= 15 is 0 Å². The summed E-state index contributed by atoms with van der Waals surface area (Å²) in [6, 6.07) is 8.60. The van der Waals surface area contributed by atoms with Crippen molar-refractivity contribution in [1.29, 1.82) is 0 Å². The predicted molar refractivity (Wildman–Crippen MR) is 75.2 cm³/mol. The van der Waals surface area contributed by atoms with E-state index in [1.54, 1.807) is 36.5 Å². The molecular weight excluding hydrogens is 291 g/mol. The van der Waals surface area contributed by atoms with Gasteiger partial charge in [-0.15, -0.1) is 0 Å². The molecule has 0 aliphatic heterocycles. The number of anilines is 1. The summed E-state index contributed by atoms with van der Waals surface area (Å²) in [6.07, 6.45) is 1.56. The lowest BCUT2D eigenvalue weighted by molar-refractivity contribution is 0.680. The van der Waals surface area contributed by atoms with Gasteiger partial charge in [0.1, 0.15) is 5.03 Å². The molecule has 3 nitrogen and oxygen atoms in total. The Morgan fingerprint density at radius 1 is 1.22 bits per heavy atom. The molecule has 0 amide bonds. The number of hydrogen-bond donors (Lipinski definition) is 1. The number of nitrogens with two attached hydrogens (primary N) is 1. The maximum atomic E-state index is 12.2. The molecule has 18 heavy (non-hydrogen) atoms. The van der Waals surface area contributed by atoms with E-state index in [1.165, 1.54) is 0 Å². The van der Waals surface area contributed by atoms with Gasteiger partial charge in [-0.2, -0.15) is 0 Å². The van der Waals surface area contributed by atoms with Gasteiger partial charge < -0.3 is 5.73 Å². The highest BCUT2D eigenvalue weighted by atomic mass is 35.5. The van der Waals surface area contributed by atoms with Gasteiger partial charge in [0.15, 0.2) is 0 Å². The van der Waals surface area contributed by atoms with Crippen LogP contribution < -0.4 is 5.73 Å². The molecule has 0 fully saturated rings. The maximum Gasteiger partial charge on any atom is 0.150 e. The van der Waals surface area contributed by atoms with Crippen LogP contribution in [0.25, 0.3) is 0 Å². The lowest BCUT2D eigenvalue weighted by Gasteiger charge is -2.07. The molecule has 0 saturated carbocycles. The first-order chi connectivity index (χ1) is 8.59. The van der Waals surface area contributed by atoms with Crippen LogP contribution >= 0.6 is 23.2 Å². The topological polar surface area (TPSA) is 56.0 Å². The summed E-state index contributed by atoms with van der Waals surface area (Å²) in [4.78, 5) is 4.03. The van der Waals surface area contributed by atoms with E-state index in [4.69, 9.17) is 28.9 Å². The van der Waals surface area contributed by atoms with Crippen molar-refractivity contribution in [2.75, 3.05) is 5.73 Å². The second-order valence-electron chi connectivity index (χ2n) is 3.60. The number of nitrogen functional groups attached to an aromatic ring is 1. The second kappa shape index (κ2) is 5.69. The molecule has 94 valence electrons. The molecule has 1 unspecified atom stereocenters. The zero-order valence-electron chi connectivity index (χ0n) is 9.27. The van der Waals surface area contributed by atoms with Crippen LogP contribution in [0.3, 0.4) is 0 Å². The molecule has 0 aliphatic rings. The number of nitrogens with zero attached hydrogens (tertiary/aromatic N) is 1. The first kappa shape index (κ1) is 13.3.